The summed E-state index contributed by atoms with van der Waals surface area (Å²) in [5.74, 6) is 0. The predicted molar refractivity (Wildman–Crippen MR) is 84.4 cm³/mol. The van der Waals surface area contributed by atoms with Crippen molar-refractivity contribution in [3.05, 3.63) is 71.8 Å². The number of nitrogens with zero attached hydrogens (tertiary/aromatic N) is 1. The van der Waals surface area contributed by atoms with Gasteiger partial charge in [0.1, 0.15) is 0 Å². The van der Waals surface area contributed by atoms with E-state index in [-0.39, 0.29) is 0 Å². The molecule has 0 amide bonds. The van der Waals surface area contributed by atoms with Gasteiger partial charge in [0.05, 0.1) is 0 Å². The Morgan fingerprint density at radius 1 is 1.05 bits per heavy atom. The smallest absolute Gasteiger partial charge is 0.0435 e. The molecule has 2 aromatic rings. The van der Waals surface area contributed by atoms with Crippen LogP contribution >= 0.6 is 0 Å². The molecule has 0 aliphatic carbocycles. The number of para-hydroxylation sites is 1. The molecular weight excluding hydrogens is 230 g/mol. The first kappa shape index (κ1) is 13.4. The molecule has 0 spiro atoms. The molecule has 0 aromatic heterocycles. The van der Waals surface area contributed by atoms with Crippen molar-refractivity contribution >= 4 is 11.8 Å². The monoisotopic (exact) mass is 251 g/mol. The van der Waals surface area contributed by atoms with E-state index in [9.17, 15) is 0 Å². The molecule has 1 nitrogen and oxygen atoms in total. The van der Waals surface area contributed by atoms with E-state index in [0.717, 1.165) is 13.1 Å². The SMILES string of the molecule is C=Cc1ccccc1CN(CC)c1ccccc1C. The van der Waals surface area contributed by atoms with Crippen molar-refractivity contribution in [3.63, 3.8) is 0 Å². The van der Waals surface area contributed by atoms with Gasteiger partial charge in [0.2, 0.25) is 0 Å². The first-order chi connectivity index (χ1) is 9.26. The van der Waals surface area contributed by atoms with Crippen LogP contribution in [-0.4, -0.2) is 6.54 Å². The fourth-order valence-electron chi connectivity index (χ4n) is 2.37. The summed E-state index contributed by atoms with van der Waals surface area (Å²) in [5.41, 5.74) is 5.17. The molecule has 2 aromatic carbocycles. The minimum atomic E-state index is 0.920. The molecule has 0 aliphatic rings. The van der Waals surface area contributed by atoms with Crippen LogP contribution in [0, 0.1) is 6.92 Å². The Labute approximate surface area is 116 Å². The third-order valence-corrected chi connectivity index (χ3v) is 3.47. The number of hydrogen-bond acceptors (Lipinski definition) is 1. The molecule has 0 saturated heterocycles. The number of rotatable bonds is 5. The topological polar surface area (TPSA) is 3.24 Å². The van der Waals surface area contributed by atoms with Crippen LogP contribution in [0.5, 0.6) is 0 Å². The van der Waals surface area contributed by atoms with Crippen LogP contribution in [0.3, 0.4) is 0 Å². The fourth-order valence-corrected chi connectivity index (χ4v) is 2.37. The zero-order valence-corrected chi connectivity index (χ0v) is 11.8. The lowest BCUT2D eigenvalue weighted by Gasteiger charge is -2.25. The minimum absolute atomic E-state index is 0.920. The Morgan fingerprint density at radius 3 is 2.42 bits per heavy atom. The lowest BCUT2D eigenvalue weighted by atomic mass is 10.1. The Balaban J connectivity index is 2.29. The van der Waals surface area contributed by atoms with Gasteiger partial charge in [-0.25, -0.2) is 0 Å². The molecule has 1 heteroatoms. The lowest BCUT2D eigenvalue weighted by Crippen LogP contribution is -2.23. The molecule has 0 saturated carbocycles. The number of hydrogen-bond donors (Lipinski definition) is 0. The van der Waals surface area contributed by atoms with Gasteiger partial charge in [0, 0.05) is 18.8 Å². The first-order valence-electron chi connectivity index (χ1n) is 6.77. The molecule has 0 heterocycles. The maximum absolute atomic E-state index is 3.90. The van der Waals surface area contributed by atoms with Gasteiger partial charge < -0.3 is 4.90 Å². The van der Waals surface area contributed by atoms with Crippen molar-refractivity contribution < 1.29 is 0 Å². The maximum atomic E-state index is 3.90. The van der Waals surface area contributed by atoms with E-state index >= 15 is 0 Å². The molecule has 2 rings (SSSR count). The van der Waals surface area contributed by atoms with Crippen molar-refractivity contribution in [3.8, 4) is 0 Å². The zero-order chi connectivity index (χ0) is 13.7. The van der Waals surface area contributed by atoms with Crippen LogP contribution in [0.1, 0.15) is 23.6 Å². The number of aryl methyl sites for hydroxylation is 1. The van der Waals surface area contributed by atoms with Crippen LogP contribution in [0.25, 0.3) is 6.08 Å². The first-order valence-corrected chi connectivity index (χ1v) is 6.77. The second-order valence-electron chi connectivity index (χ2n) is 4.70. The minimum Gasteiger partial charge on any atom is -0.367 e. The normalized spacial score (nSPS) is 10.2. The highest BCUT2D eigenvalue weighted by Crippen LogP contribution is 2.22. The Hall–Kier alpha value is -2.02. The van der Waals surface area contributed by atoms with Gasteiger partial charge in [-0.05, 0) is 36.6 Å². The van der Waals surface area contributed by atoms with Crippen LogP contribution in [0.15, 0.2) is 55.1 Å². The summed E-state index contributed by atoms with van der Waals surface area (Å²) in [6, 6.07) is 17.0. The van der Waals surface area contributed by atoms with E-state index in [0.29, 0.717) is 0 Å². The molecule has 98 valence electrons. The molecule has 0 radical (unpaired) electrons. The summed E-state index contributed by atoms with van der Waals surface area (Å²) in [4.78, 5) is 2.40. The van der Waals surface area contributed by atoms with Crippen molar-refractivity contribution in [1.29, 1.82) is 0 Å². The Kier molecular flexibility index (Phi) is 4.40. The predicted octanol–water partition coefficient (Wildman–Crippen LogP) is 4.66. The number of benzene rings is 2. The average molecular weight is 251 g/mol. The van der Waals surface area contributed by atoms with Gasteiger partial charge in [0.15, 0.2) is 0 Å². The van der Waals surface area contributed by atoms with E-state index in [1.807, 2.05) is 6.08 Å². The third kappa shape index (κ3) is 3.05. The average Bonchev–Trinajstić information content (AvgIpc) is 2.46. The van der Waals surface area contributed by atoms with Gasteiger partial charge in [-0.1, -0.05) is 55.1 Å². The second kappa shape index (κ2) is 6.24. The summed E-state index contributed by atoms with van der Waals surface area (Å²) in [6.45, 7) is 10.2. The summed E-state index contributed by atoms with van der Waals surface area (Å²) >= 11 is 0. The largest absolute Gasteiger partial charge is 0.367 e. The van der Waals surface area contributed by atoms with Gasteiger partial charge in [-0.15, -0.1) is 0 Å². The third-order valence-electron chi connectivity index (χ3n) is 3.47. The molecule has 0 aliphatic heterocycles. The molecular formula is C18H21N. The van der Waals surface area contributed by atoms with Crippen molar-refractivity contribution in [1.82, 2.24) is 0 Å². The lowest BCUT2D eigenvalue weighted by molar-refractivity contribution is 0.827. The standard InChI is InChI=1S/C18H21N/c1-4-16-11-7-8-12-17(16)14-19(5-2)18-13-9-6-10-15(18)3/h4,6-13H,1,5,14H2,2-3H3. The summed E-state index contributed by atoms with van der Waals surface area (Å²) < 4.78 is 0. The van der Waals surface area contributed by atoms with Crippen LogP contribution < -0.4 is 4.90 Å². The van der Waals surface area contributed by atoms with Crippen LogP contribution in [0.4, 0.5) is 5.69 Å². The van der Waals surface area contributed by atoms with E-state index in [1.165, 1.54) is 22.4 Å². The van der Waals surface area contributed by atoms with Gasteiger partial charge in [-0.2, -0.15) is 0 Å². The van der Waals surface area contributed by atoms with E-state index in [2.05, 4.69) is 73.9 Å². The van der Waals surface area contributed by atoms with Crippen molar-refractivity contribution in [2.24, 2.45) is 0 Å². The Bertz CT molecular complexity index is 557. The highest BCUT2D eigenvalue weighted by molar-refractivity contribution is 5.56. The summed E-state index contributed by atoms with van der Waals surface area (Å²) in [7, 11) is 0. The molecule has 19 heavy (non-hydrogen) atoms. The van der Waals surface area contributed by atoms with E-state index in [1.54, 1.807) is 0 Å². The van der Waals surface area contributed by atoms with Crippen molar-refractivity contribution in [2.45, 2.75) is 20.4 Å². The van der Waals surface area contributed by atoms with Gasteiger partial charge in [0.25, 0.3) is 0 Å². The summed E-state index contributed by atoms with van der Waals surface area (Å²) in [6.07, 6.45) is 1.93. The van der Waals surface area contributed by atoms with Crippen molar-refractivity contribution in [2.75, 3.05) is 11.4 Å². The number of anilines is 1. The zero-order valence-electron chi connectivity index (χ0n) is 11.8. The van der Waals surface area contributed by atoms with Gasteiger partial charge in [-0.3, -0.25) is 0 Å². The van der Waals surface area contributed by atoms with E-state index < -0.39 is 0 Å². The molecule has 0 N–H and O–H groups in total. The molecule has 0 atom stereocenters. The second-order valence-corrected chi connectivity index (χ2v) is 4.70. The van der Waals surface area contributed by atoms with E-state index in [4.69, 9.17) is 0 Å². The quantitative estimate of drug-likeness (QED) is 0.746. The Morgan fingerprint density at radius 2 is 1.74 bits per heavy atom. The maximum Gasteiger partial charge on any atom is 0.0435 e. The summed E-state index contributed by atoms with van der Waals surface area (Å²) in [5, 5.41) is 0. The highest BCUT2D eigenvalue weighted by atomic mass is 15.1. The molecule has 0 unspecified atom stereocenters. The highest BCUT2D eigenvalue weighted by Gasteiger charge is 2.09. The van der Waals surface area contributed by atoms with Crippen LogP contribution in [-0.2, 0) is 6.54 Å². The van der Waals surface area contributed by atoms with Crippen LogP contribution in [0.2, 0.25) is 0 Å². The molecule has 0 bridgehead atoms. The molecule has 0 fully saturated rings. The fraction of sp³-hybridized carbons (Fsp3) is 0.222. The van der Waals surface area contributed by atoms with Gasteiger partial charge >= 0.3 is 0 Å².